The standard InChI is InChI=1S/C16H22N4O/c1-12(17)8-14-9-18-16(19-10-14)20(2)11-13-4-6-15(21-3)7-5-13/h4-7,9-10,12H,8,11,17H2,1-3H3. The predicted octanol–water partition coefficient (Wildman–Crippen LogP) is 2.01. The van der Waals surface area contributed by atoms with Crippen LogP contribution in [0.25, 0.3) is 0 Å². The number of aromatic nitrogens is 2. The van der Waals surface area contributed by atoms with Crippen molar-refractivity contribution in [3.8, 4) is 5.75 Å². The summed E-state index contributed by atoms with van der Waals surface area (Å²) in [5, 5.41) is 0. The van der Waals surface area contributed by atoms with Crippen LogP contribution in [0.2, 0.25) is 0 Å². The first-order valence-electron chi connectivity index (χ1n) is 6.99. The Balaban J connectivity index is 2.00. The number of ether oxygens (including phenoxy) is 1. The molecule has 0 radical (unpaired) electrons. The third-order valence-electron chi connectivity index (χ3n) is 3.17. The highest BCUT2D eigenvalue weighted by molar-refractivity contribution is 5.33. The summed E-state index contributed by atoms with van der Waals surface area (Å²) in [5.41, 5.74) is 8.02. The Labute approximate surface area is 125 Å². The fourth-order valence-electron chi connectivity index (χ4n) is 2.10. The second-order valence-electron chi connectivity index (χ2n) is 5.28. The molecule has 0 fully saturated rings. The largest absolute Gasteiger partial charge is 0.497 e. The molecule has 0 aliphatic carbocycles. The molecule has 2 N–H and O–H groups in total. The molecule has 1 heterocycles. The number of nitrogens with zero attached hydrogens (tertiary/aromatic N) is 3. The topological polar surface area (TPSA) is 64.3 Å². The van der Waals surface area contributed by atoms with Crippen molar-refractivity contribution in [1.29, 1.82) is 0 Å². The number of anilines is 1. The monoisotopic (exact) mass is 286 g/mol. The average molecular weight is 286 g/mol. The van der Waals surface area contributed by atoms with E-state index in [9.17, 15) is 0 Å². The van der Waals surface area contributed by atoms with Crippen molar-refractivity contribution in [3.63, 3.8) is 0 Å². The molecule has 1 aromatic heterocycles. The lowest BCUT2D eigenvalue weighted by Crippen LogP contribution is -2.20. The van der Waals surface area contributed by atoms with E-state index in [1.807, 2.05) is 55.5 Å². The van der Waals surface area contributed by atoms with Gasteiger partial charge in [-0.1, -0.05) is 12.1 Å². The number of nitrogens with two attached hydrogens (primary N) is 1. The van der Waals surface area contributed by atoms with E-state index in [0.717, 1.165) is 24.3 Å². The molecule has 0 saturated carbocycles. The summed E-state index contributed by atoms with van der Waals surface area (Å²) in [5.74, 6) is 1.57. The van der Waals surface area contributed by atoms with Crippen molar-refractivity contribution in [2.24, 2.45) is 5.73 Å². The van der Waals surface area contributed by atoms with E-state index in [0.29, 0.717) is 5.95 Å². The van der Waals surface area contributed by atoms with Gasteiger partial charge in [-0.25, -0.2) is 9.97 Å². The van der Waals surface area contributed by atoms with Crippen LogP contribution in [0.1, 0.15) is 18.1 Å². The zero-order valence-corrected chi connectivity index (χ0v) is 12.8. The first-order chi connectivity index (χ1) is 10.1. The molecule has 1 aromatic carbocycles. The molecule has 112 valence electrons. The number of methoxy groups -OCH3 is 1. The van der Waals surface area contributed by atoms with Crippen LogP contribution >= 0.6 is 0 Å². The van der Waals surface area contributed by atoms with Gasteiger partial charge in [0.15, 0.2) is 0 Å². The van der Waals surface area contributed by atoms with Gasteiger partial charge in [-0.15, -0.1) is 0 Å². The lowest BCUT2D eigenvalue weighted by Gasteiger charge is -2.17. The molecule has 5 heteroatoms. The fraction of sp³-hybridized carbons (Fsp3) is 0.375. The highest BCUT2D eigenvalue weighted by Gasteiger charge is 2.06. The van der Waals surface area contributed by atoms with Crippen LogP contribution in [0.5, 0.6) is 5.75 Å². The van der Waals surface area contributed by atoms with E-state index in [-0.39, 0.29) is 6.04 Å². The number of hydrogen-bond acceptors (Lipinski definition) is 5. The number of benzene rings is 1. The summed E-state index contributed by atoms with van der Waals surface area (Å²) in [6, 6.07) is 8.11. The van der Waals surface area contributed by atoms with E-state index in [2.05, 4.69) is 9.97 Å². The van der Waals surface area contributed by atoms with E-state index in [4.69, 9.17) is 10.5 Å². The SMILES string of the molecule is COc1ccc(CN(C)c2ncc(CC(C)N)cn2)cc1. The maximum absolute atomic E-state index is 5.77. The van der Waals surface area contributed by atoms with E-state index in [1.54, 1.807) is 7.11 Å². The van der Waals surface area contributed by atoms with Gasteiger partial charge in [-0.3, -0.25) is 0 Å². The Hall–Kier alpha value is -2.14. The molecule has 0 amide bonds. The number of rotatable bonds is 6. The van der Waals surface area contributed by atoms with Gasteiger partial charge in [0.05, 0.1) is 7.11 Å². The molecule has 0 bridgehead atoms. The summed E-state index contributed by atoms with van der Waals surface area (Å²) >= 11 is 0. The highest BCUT2D eigenvalue weighted by atomic mass is 16.5. The van der Waals surface area contributed by atoms with Gasteiger partial charge in [0, 0.05) is 32.0 Å². The van der Waals surface area contributed by atoms with Crippen LogP contribution in [0.15, 0.2) is 36.7 Å². The zero-order valence-electron chi connectivity index (χ0n) is 12.8. The van der Waals surface area contributed by atoms with Crippen molar-refractivity contribution in [1.82, 2.24) is 9.97 Å². The third-order valence-corrected chi connectivity index (χ3v) is 3.17. The zero-order chi connectivity index (χ0) is 15.2. The summed E-state index contributed by atoms with van der Waals surface area (Å²) in [6.07, 6.45) is 4.48. The fourth-order valence-corrected chi connectivity index (χ4v) is 2.10. The smallest absolute Gasteiger partial charge is 0.225 e. The van der Waals surface area contributed by atoms with Crippen LogP contribution in [-0.2, 0) is 13.0 Å². The van der Waals surface area contributed by atoms with Gasteiger partial charge in [0.2, 0.25) is 5.95 Å². The molecule has 5 nitrogen and oxygen atoms in total. The minimum absolute atomic E-state index is 0.122. The van der Waals surface area contributed by atoms with Crippen LogP contribution < -0.4 is 15.4 Å². The summed E-state index contributed by atoms with van der Waals surface area (Å²) in [6.45, 7) is 2.72. The summed E-state index contributed by atoms with van der Waals surface area (Å²) in [7, 11) is 3.64. The maximum atomic E-state index is 5.77. The second kappa shape index (κ2) is 7.04. The Kier molecular flexibility index (Phi) is 5.11. The minimum Gasteiger partial charge on any atom is -0.497 e. The molecule has 1 atom stereocenters. The molecule has 1 unspecified atom stereocenters. The molecule has 2 rings (SSSR count). The number of hydrogen-bond donors (Lipinski definition) is 1. The predicted molar refractivity (Wildman–Crippen MR) is 84.5 cm³/mol. The molecule has 0 aliphatic rings. The van der Waals surface area contributed by atoms with Crippen molar-refractivity contribution in [3.05, 3.63) is 47.8 Å². The van der Waals surface area contributed by atoms with Gasteiger partial charge in [0.1, 0.15) is 5.75 Å². The summed E-state index contributed by atoms with van der Waals surface area (Å²) < 4.78 is 5.16. The van der Waals surface area contributed by atoms with Gasteiger partial charge < -0.3 is 15.4 Å². The van der Waals surface area contributed by atoms with Gasteiger partial charge in [0.25, 0.3) is 0 Å². The minimum atomic E-state index is 0.122. The quantitative estimate of drug-likeness (QED) is 0.880. The third kappa shape index (κ3) is 4.43. The van der Waals surface area contributed by atoms with Crippen molar-refractivity contribution < 1.29 is 4.74 Å². The average Bonchev–Trinajstić information content (AvgIpc) is 2.48. The van der Waals surface area contributed by atoms with Crippen LogP contribution in [0, 0.1) is 0 Å². The Morgan fingerprint density at radius 1 is 1.14 bits per heavy atom. The molecular weight excluding hydrogens is 264 g/mol. The molecular formula is C16H22N4O. The van der Waals surface area contributed by atoms with Gasteiger partial charge >= 0.3 is 0 Å². The molecule has 2 aromatic rings. The van der Waals surface area contributed by atoms with Gasteiger partial charge in [-0.2, -0.15) is 0 Å². The van der Waals surface area contributed by atoms with Crippen LogP contribution in [0.3, 0.4) is 0 Å². The van der Waals surface area contributed by atoms with Crippen LogP contribution in [0.4, 0.5) is 5.95 Å². The molecule has 0 saturated heterocycles. The normalized spacial score (nSPS) is 12.0. The lowest BCUT2D eigenvalue weighted by molar-refractivity contribution is 0.414. The summed E-state index contributed by atoms with van der Waals surface area (Å²) in [4.78, 5) is 10.8. The Morgan fingerprint density at radius 2 is 1.76 bits per heavy atom. The van der Waals surface area contributed by atoms with Crippen molar-refractivity contribution >= 4 is 5.95 Å². The van der Waals surface area contributed by atoms with E-state index < -0.39 is 0 Å². The second-order valence-corrected chi connectivity index (χ2v) is 5.28. The molecule has 21 heavy (non-hydrogen) atoms. The highest BCUT2D eigenvalue weighted by Crippen LogP contribution is 2.14. The molecule has 0 aliphatic heterocycles. The van der Waals surface area contributed by atoms with Crippen LogP contribution in [-0.4, -0.2) is 30.2 Å². The first kappa shape index (κ1) is 15.3. The Bertz CT molecular complexity index is 551. The maximum Gasteiger partial charge on any atom is 0.225 e. The van der Waals surface area contributed by atoms with Gasteiger partial charge in [-0.05, 0) is 36.6 Å². The Morgan fingerprint density at radius 3 is 2.29 bits per heavy atom. The lowest BCUT2D eigenvalue weighted by atomic mass is 10.1. The molecule has 0 spiro atoms. The van der Waals surface area contributed by atoms with E-state index >= 15 is 0 Å². The van der Waals surface area contributed by atoms with E-state index in [1.165, 1.54) is 5.56 Å². The van der Waals surface area contributed by atoms with Crippen molar-refractivity contribution in [2.45, 2.75) is 25.9 Å². The first-order valence-corrected chi connectivity index (χ1v) is 6.99. The van der Waals surface area contributed by atoms with Crippen molar-refractivity contribution in [2.75, 3.05) is 19.1 Å².